The van der Waals surface area contributed by atoms with Crippen molar-refractivity contribution in [2.45, 2.75) is 25.2 Å². The molecule has 0 N–H and O–H groups in total. The quantitative estimate of drug-likeness (QED) is 0.459. The predicted octanol–water partition coefficient (Wildman–Crippen LogP) is 3.91. The Hall–Kier alpha value is -3.45. The molecule has 0 aromatic carbocycles. The number of oxazole rings is 1. The molecule has 4 aromatic heterocycles. The van der Waals surface area contributed by atoms with Crippen LogP contribution in [0.1, 0.15) is 40.5 Å². The summed E-state index contributed by atoms with van der Waals surface area (Å²) in [5.74, 6) is 1.12. The fraction of sp³-hybridized carbons (Fsp3) is 0.292. The van der Waals surface area contributed by atoms with Gasteiger partial charge >= 0.3 is 0 Å². The molecule has 0 saturated carbocycles. The molecule has 7 heteroatoms. The van der Waals surface area contributed by atoms with Crippen molar-refractivity contribution in [3.63, 3.8) is 0 Å². The van der Waals surface area contributed by atoms with E-state index in [9.17, 15) is 4.79 Å². The minimum atomic E-state index is 0.0442. The largest absolute Gasteiger partial charge is 0.443 e. The Balaban J connectivity index is 1.35. The maximum absolute atomic E-state index is 13.0. The zero-order chi connectivity index (χ0) is 21.2. The first-order valence-corrected chi connectivity index (χ1v) is 10.5. The fourth-order valence-electron chi connectivity index (χ4n) is 4.08. The minimum Gasteiger partial charge on any atom is -0.443 e. The number of Topliss-reactive ketones (excluding diaryl/α,β-unsaturated/α-hetero) is 1. The number of rotatable bonds is 5. The van der Waals surface area contributed by atoms with Crippen LogP contribution in [0.4, 0.5) is 0 Å². The number of pyridine rings is 3. The maximum Gasteiger partial charge on any atom is 0.181 e. The van der Waals surface area contributed by atoms with Crippen molar-refractivity contribution in [3.8, 4) is 11.3 Å². The lowest BCUT2D eigenvalue weighted by Gasteiger charge is -2.28. The molecule has 5 heterocycles. The first-order valence-electron chi connectivity index (χ1n) is 10.5. The van der Waals surface area contributed by atoms with E-state index >= 15 is 0 Å². The van der Waals surface area contributed by atoms with Gasteiger partial charge in [0.15, 0.2) is 17.9 Å². The molecule has 0 atom stereocenters. The lowest BCUT2D eigenvalue weighted by molar-refractivity contribution is 0.0991. The zero-order valence-electron chi connectivity index (χ0n) is 17.4. The van der Waals surface area contributed by atoms with E-state index in [0.717, 1.165) is 48.1 Å². The number of hydrogen-bond acceptors (Lipinski definition) is 7. The molecule has 1 aliphatic heterocycles. The van der Waals surface area contributed by atoms with Gasteiger partial charge in [0.25, 0.3) is 0 Å². The number of likely N-dealkylation sites (tertiary alicyclic amines) is 1. The smallest absolute Gasteiger partial charge is 0.181 e. The molecule has 0 radical (unpaired) electrons. The zero-order valence-corrected chi connectivity index (χ0v) is 17.4. The molecule has 0 unspecified atom stereocenters. The molecule has 4 aromatic rings. The van der Waals surface area contributed by atoms with E-state index in [1.165, 1.54) is 6.39 Å². The Morgan fingerprint density at radius 3 is 2.77 bits per heavy atom. The van der Waals surface area contributed by atoms with Crippen molar-refractivity contribution in [2.75, 3.05) is 20.1 Å². The van der Waals surface area contributed by atoms with Crippen LogP contribution in [0.15, 0.2) is 59.9 Å². The first kappa shape index (κ1) is 19.5. The Morgan fingerprint density at radius 1 is 1.10 bits per heavy atom. The Kier molecular flexibility index (Phi) is 5.26. The molecule has 0 amide bonds. The SMILES string of the molecule is CN1CCC(c2cc(C(=O)Cc3cc4cc(-c5cnco5)cnc4cn3)ccn2)CC1. The number of piperidine rings is 1. The van der Waals surface area contributed by atoms with Crippen molar-refractivity contribution < 1.29 is 9.21 Å². The molecule has 0 bridgehead atoms. The van der Waals surface area contributed by atoms with Crippen LogP contribution in [-0.2, 0) is 6.42 Å². The number of carbonyl (C=O) groups excluding carboxylic acids is 1. The van der Waals surface area contributed by atoms with Gasteiger partial charge in [-0.2, -0.15) is 0 Å². The highest BCUT2D eigenvalue weighted by Gasteiger charge is 2.20. The minimum absolute atomic E-state index is 0.0442. The summed E-state index contributed by atoms with van der Waals surface area (Å²) in [6, 6.07) is 7.65. The van der Waals surface area contributed by atoms with Gasteiger partial charge < -0.3 is 9.32 Å². The molecule has 7 nitrogen and oxygen atoms in total. The molecular formula is C24H23N5O2. The van der Waals surface area contributed by atoms with E-state index < -0.39 is 0 Å². The number of hydrogen-bond donors (Lipinski definition) is 0. The Bertz CT molecular complexity index is 1210. The molecule has 0 spiro atoms. The summed E-state index contributed by atoms with van der Waals surface area (Å²) in [7, 11) is 2.14. The van der Waals surface area contributed by atoms with Gasteiger partial charge in [-0.3, -0.25) is 19.7 Å². The average molecular weight is 413 g/mol. The standard InChI is InChI=1S/C24H23N5O2/c1-29-6-3-16(4-7-29)21-10-17(2-5-26-21)23(30)11-20-9-18-8-19(24-14-25-15-31-24)12-28-22(18)13-27-20/h2,5,8-10,12-16H,3-4,6-7,11H2,1H3. The van der Waals surface area contributed by atoms with Crippen LogP contribution >= 0.6 is 0 Å². The van der Waals surface area contributed by atoms with Crippen molar-refractivity contribution in [2.24, 2.45) is 0 Å². The monoisotopic (exact) mass is 413 g/mol. The molecule has 5 rings (SSSR count). The Morgan fingerprint density at radius 2 is 1.97 bits per heavy atom. The number of aromatic nitrogens is 4. The molecule has 156 valence electrons. The van der Waals surface area contributed by atoms with Crippen LogP contribution in [0.3, 0.4) is 0 Å². The summed E-state index contributed by atoms with van der Waals surface area (Å²) in [5.41, 5.74) is 4.04. The molecule has 1 fully saturated rings. The van der Waals surface area contributed by atoms with Crippen LogP contribution < -0.4 is 0 Å². The van der Waals surface area contributed by atoms with E-state index in [2.05, 4.69) is 31.9 Å². The van der Waals surface area contributed by atoms with Crippen molar-refractivity contribution in [1.29, 1.82) is 0 Å². The van der Waals surface area contributed by atoms with Crippen LogP contribution in [0.5, 0.6) is 0 Å². The second-order valence-electron chi connectivity index (χ2n) is 8.10. The number of nitrogens with zero attached hydrogens (tertiary/aromatic N) is 5. The van der Waals surface area contributed by atoms with Crippen LogP contribution in [0.25, 0.3) is 22.2 Å². The highest BCUT2D eigenvalue weighted by atomic mass is 16.3. The van der Waals surface area contributed by atoms with Gasteiger partial charge in [-0.05, 0) is 57.2 Å². The summed E-state index contributed by atoms with van der Waals surface area (Å²) < 4.78 is 5.36. The second-order valence-corrected chi connectivity index (χ2v) is 8.10. The van der Waals surface area contributed by atoms with E-state index in [4.69, 9.17) is 4.42 Å². The lowest BCUT2D eigenvalue weighted by Crippen LogP contribution is -2.29. The highest BCUT2D eigenvalue weighted by molar-refractivity contribution is 5.97. The number of fused-ring (bicyclic) bond motifs is 1. The van der Waals surface area contributed by atoms with Crippen LogP contribution in [0, 0.1) is 0 Å². The van der Waals surface area contributed by atoms with E-state index in [1.807, 2.05) is 18.2 Å². The van der Waals surface area contributed by atoms with Crippen molar-refractivity contribution in [1.82, 2.24) is 24.8 Å². The third-order valence-corrected chi connectivity index (χ3v) is 5.92. The van der Waals surface area contributed by atoms with E-state index in [1.54, 1.807) is 30.9 Å². The predicted molar refractivity (Wildman–Crippen MR) is 117 cm³/mol. The molecule has 31 heavy (non-hydrogen) atoms. The number of carbonyl (C=O) groups is 1. The van der Waals surface area contributed by atoms with Crippen molar-refractivity contribution in [3.05, 3.63) is 72.4 Å². The third kappa shape index (κ3) is 4.22. The van der Waals surface area contributed by atoms with Gasteiger partial charge in [-0.25, -0.2) is 4.98 Å². The van der Waals surface area contributed by atoms with E-state index in [-0.39, 0.29) is 12.2 Å². The normalized spacial score (nSPS) is 15.4. The molecular weight excluding hydrogens is 390 g/mol. The molecule has 0 aliphatic carbocycles. The van der Waals surface area contributed by atoms with Gasteiger partial charge in [0, 0.05) is 46.2 Å². The summed E-state index contributed by atoms with van der Waals surface area (Å²) in [6.45, 7) is 2.13. The average Bonchev–Trinajstić information content (AvgIpc) is 3.34. The summed E-state index contributed by atoms with van der Waals surface area (Å²) in [6.07, 6.45) is 10.6. The van der Waals surface area contributed by atoms with Gasteiger partial charge in [0.1, 0.15) is 0 Å². The van der Waals surface area contributed by atoms with E-state index in [0.29, 0.717) is 22.9 Å². The Labute approximate surface area is 180 Å². The topological polar surface area (TPSA) is 85.0 Å². The number of ketones is 1. The lowest BCUT2D eigenvalue weighted by atomic mass is 9.92. The van der Waals surface area contributed by atoms with Gasteiger partial charge in [-0.15, -0.1) is 0 Å². The molecule has 1 aliphatic rings. The summed E-state index contributed by atoms with van der Waals surface area (Å²) in [4.78, 5) is 32.7. The maximum atomic E-state index is 13.0. The van der Waals surface area contributed by atoms with Crippen molar-refractivity contribution >= 4 is 16.7 Å². The summed E-state index contributed by atoms with van der Waals surface area (Å²) >= 11 is 0. The summed E-state index contributed by atoms with van der Waals surface area (Å²) in [5, 5.41) is 0.911. The first-order chi connectivity index (χ1) is 15.2. The van der Waals surface area contributed by atoms with Gasteiger partial charge in [0.2, 0.25) is 0 Å². The van der Waals surface area contributed by atoms with Crippen LogP contribution in [-0.4, -0.2) is 50.8 Å². The van der Waals surface area contributed by atoms with Gasteiger partial charge in [-0.1, -0.05) is 0 Å². The third-order valence-electron chi connectivity index (χ3n) is 5.92. The van der Waals surface area contributed by atoms with Crippen LogP contribution in [0.2, 0.25) is 0 Å². The fourth-order valence-corrected chi connectivity index (χ4v) is 4.08. The van der Waals surface area contributed by atoms with Gasteiger partial charge in [0.05, 0.1) is 24.3 Å². The second kappa shape index (κ2) is 8.35. The molecule has 1 saturated heterocycles. The highest BCUT2D eigenvalue weighted by Crippen LogP contribution is 2.27.